The van der Waals surface area contributed by atoms with Crippen LogP contribution < -0.4 is 0 Å². The second-order valence-corrected chi connectivity index (χ2v) is 4.86. The molecular formula is C21H30Cl2SiZr-4. The number of hydrogen-bond donors (Lipinski definition) is 0. The van der Waals surface area contributed by atoms with E-state index in [2.05, 4.69) is 58.1 Å². The fraction of sp³-hybridized carbons (Fsp3) is 0.286. The van der Waals surface area contributed by atoms with Crippen molar-refractivity contribution in [1.82, 2.24) is 0 Å². The van der Waals surface area contributed by atoms with Gasteiger partial charge < -0.3 is 7.43 Å². The zero-order valence-corrected chi connectivity index (χ0v) is 21.5. The second kappa shape index (κ2) is 21.9. The molecule has 0 spiro atoms. The Balaban J connectivity index is -0.000000119. The predicted octanol–water partition coefficient (Wildman–Crippen LogP) is 6.03. The van der Waals surface area contributed by atoms with E-state index in [4.69, 9.17) is 0 Å². The van der Waals surface area contributed by atoms with Gasteiger partial charge in [-0.05, 0) is 0 Å². The molecule has 0 fully saturated rings. The van der Waals surface area contributed by atoms with Crippen LogP contribution >= 0.6 is 24.8 Å². The van der Waals surface area contributed by atoms with Crippen LogP contribution in [-0.4, -0.2) is 6.88 Å². The standard InChI is InChI=1S/2C7H9.C6H5.CH3.2ClH.H2Si.Zr/c2*1-6-4-3-5-7(6)2;1-2-4-6-5-3-1;;;;;/h2*4H,3H2,1-2H3;1-5H;1H3;2*1H;1H2;/q4*-1;;;;. The van der Waals surface area contributed by atoms with E-state index in [0.29, 0.717) is 0 Å². The van der Waals surface area contributed by atoms with Crippen LogP contribution in [0.3, 0.4) is 0 Å². The number of benzene rings is 1. The van der Waals surface area contributed by atoms with E-state index < -0.39 is 0 Å². The normalized spacial score (nSPS) is 12.8. The van der Waals surface area contributed by atoms with Crippen LogP contribution in [0.1, 0.15) is 40.5 Å². The molecule has 0 heterocycles. The topological polar surface area (TPSA) is 0 Å². The molecule has 0 N–H and O–H groups in total. The molecule has 0 unspecified atom stereocenters. The van der Waals surface area contributed by atoms with Crippen LogP contribution in [0.4, 0.5) is 0 Å². The van der Waals surface area contributed by atoms with Gasteiger partial charge in [0.1, 0.15) is 0 Å². The Hall–Kier alpha value is -0.140. The maximum Gasteiger partial charge on any atom is -0.171 e. The Labute approximate surface area is 185 Å². The summed E-state index contributed by atoms with van der Waals surface area (Å²) >= 11 is 1.58. The second-order valence-electron chi connectivity index (χ2n) is 4.86. The van der Waals surface area contributed by atoms with Gasteiger partial charge in [-0.2, -0.15) is 48.6 Å². The number of halogens is 2. The molecule has 4 heteroatoms. The first-order valence-corrected chi connectivity index (χ1v) is 13.3. The molecule has 140 valence electrons. The van der Waals surface area contributed by atoms with Crippen molar-refractivity contribution in [3.63, 3.8) is 0 Å². The minimum atomic E-state index is 0. The first-order valence-electron chi connectivity index (χ1n) is 7.37. The van der Waals surface area contributed by atoms with Gasteiger partial charge in [0.15, 0.2) is 0 Å². The van der Waals surface area contributed by atoms with Gasteiger partial charge in [-0.1, -0.05) is 13.8 Å². The third-order valence-corrected chi connectivity index (χ3v) is 3.34. The zero-order chi connectivity index (χ0) is 16.8. The van der Waals surface area contributed by atoms with E-state index in [0.717, 1.165) is 12.8 Å². The Bertz CT molecular complexity index is 454. The summed E-state index contributed by atoms with van der Waals surface area (Å²) in [7, 11) is 0. The third kappa shape index (κ3) is 17.0. The molecule has 0 amide bonds. The molecule has 2 aliphatic rings. The smallest absolute Gasteiger partial charge is 0.171 e. The quantitative estimate of drug-likeness (QED) is 0.319. The molecule has 0 aromatic heterocycles. The van der Waals surface area contributed by atoms with Crippen molar-refractivity contribution in [1.29, 1.82) is 0 Å². The molecule has 0 atom stereocenters. The first kappa shape index (κ1) is 32.5. The van der Waals surface area contributed by atoms with Crippen molar-refractivity contribution in [3.8, 4) is 0 Å². The van der Waals surface area contributed by atoms with Crippen LogP contribution in [0.25, 0.3) is 0 Å². The largest absolute Gasteiger partial charge is 0.184 e. The predicted molar refractivity (Wildman–Crippen MR) is 116 cm³/mol. The Morgan fingerprint density at radius 3 is 1.20 bits per heavy atom. The first-order chi connectivity index (χ1) is 10.6. The van der Waals surface area contributed by atoms with Crippen molar-refractivity contribution in [2.75, 3.05) is 0 Å². The van der Waals surface area contributed by atoms with E-state index >= 15 is 0 Å². The minimum absolute atomic E-state index is 0. The van der Waals surface area contributed by atoms with Gasteiger partial charge in [0.05, 0.1) is 0 Å². The SMILES string of the molecule is CC1=[C-]CC=C1C.CC1=[C-]CC=C1C.Cl.Cl.[CH3-].[SiH2]=[Zr].[c-]1ccccc1. The van der Waals surface area contributed by atoms with E-state index in [1.165, 1.54) is 22.3 Å². The van der Waals surface area contributed by atoms with Crippen molar-refractivity contribution in [2.24, 2.45) is 0 Å². The average Bonchev–Trinajstić information content (AvgIpc) is 3.13. The van der Waals surface area contributed by atoms with Gasteiger partial charge in [0.2, 0.25) is 0 Å². The molecule has 0 nitrogen and oxygen atoms in total. The summed E-state index contributed by atoms with van der Waals surface area (Å²) < 4.78 is 0. The van der Waals surface area contributed by atoms with Gasteiger partial charge in [0.25, 0.3) is 0 Å². The molecule has 0 aliphatic heterocycles. The van der Waals surface area contributed by atoms with E-state index in [-0.39, 0.29) is 32.2 Å². The number of allylic oxidation sites excluding steroid dienone is 8. The Morgan fingerprint density at radius 2 is 1.12 bits per heavy atom. The third-order valence-electron chi connectivity index (χ3n) is 3.34. The van der Waals surface area contributed by atoms with Crippen LogP contribution in [0.2, 0.25) is 0 Å². The van der Waals surface area contributed by atoms with Crippen LogP contribution in [0, 0.1) is 25.6 Å². The molecular weight excluding hydrogens is 442 g/mol. The summed E-state index contributed by atoms with van der Waals surface area (Å²) in [4.78, 5) is 0. The monoisotopic (exact) mass is 470 g/mol. The summed E-state index contributed by atoms with van der Waals surface area (Å²) in [5, 5.41) is 0. The molecule has 3 rings (SSSR count). The van der Waals surface area contributed by atoms with E-state index in [9.17, 15) is 0 Å². The molecule has 0 saturated carbocycles. The molecule has 1 aromatic rings. The van der Waals surface area contributed by atoms with E-state index in [1.807, 2.05) is 37.2 Å². The van der Waals surface area contributed by atoms with E-state index in [1.54, 1.807) is 23.3 Å². The van der Waals surface area contributed by atoms with Gasteiger partial charge in [-0.3, -0.25) is 12.2 Å². The number of hydrogen-bond acceptors (Lipinski definition) is 0. The Kier molecular flexibility index (Phi) is 28.5. The zero-order valence-electron chi connectivity index (χ0n) is 16.0. The summed E-state index contributed by atoms with van der Waals surface area (Å²) in [6, 6.07) is 12.5. The maximum absolute atomic E-state index is 3.19. The molecule has 0 radical (unpaired) electrons. The summed E-state index contributed by atoms with van der Waals surface area (Å²) in [6.45, 7) is 10.4. The van der Waals surface area contributed by atoms with Crippen molar-refractivity contribution >= 4 is 31.7 Å². The Morgan fingerprint density at radius 1 is 0.760 bits per heavy atom. The molecule has 0 bridgehead atoms. The summed E-state index contributed by atoms with van der Waals surface area (Å²) in [6.07, 6.45) is 12.8. The molecule has 2 aliphatic carbocycles. The van der Waals surface area contributed by atoms with Crippen molar-refractivity contribution in [3.05, 3.63) is 90.4 Å². The van der Waals surface area contributed by atoms with Crippen molar-refractivity contribution < 1.29 is 23.3 Å². The maximum atomic E-state index is 3.19. The number of rotatable bonds is 0. The van der Waals surface area contributed by atoms with Crippen LogP contribution in [0.15, 0.2) is 64.8 Å². The van der Waals surface area contributed by atoms with Crippen LogP contribution in [-0.2, 0) is 23.3 Å². The summed E-state index contributed by atoms with van der Waals surface area (Å²) in [5.41, 5.74) is 5.42. The fourth-order valence-electron chi connectivity index (χ4n) is 1.64. The van der Waals surface area contributed by atoms with Gasteiger partial charge in [0, 0.05) is 0 Å². The summed E-state index contributed by atoms with van der Waals surface area (Å²) in [5.74, 6) is 0. The minimum Gasteiger partial charge on any atom is -0.184 e. The molecule has 0 saturated heterocycles. The fourth-order valence-corrected chi connectivity index (χ4v) is 1.64. The van der Waals surface area contributed by atoms with Gasteiger partial charge in [-0.15, -0.1) is 51.5 Å². The molecule has 25 heavy (non-hydrogen) atoms. The molecule has 1 aromatic carbocycles. The average molecular weight is 473 g/mol. The van der Waals surface area contributed by atoms with Crippen LogP contribution in [0.5, 0.6) is 0 Å². The van der Waals surface area contributed by atoms with Gasteiger partial charge in [-0.25, -0.2) is 22.3 Å². The van der Waals surface area contributed by atoms with Crippen molar-refractivity contribution in [2.45, 2.75) is 40.5 Å². The van der Waals surface area contributed by atoms with Gasteiger partial charge >= 0.3 is 30.2 Å².